The van der Waals surface area contributed by atoms with E-state index in [1.54, 1.807) is 13.8 Å². The Morgan fingerprint density at radius 2 is 1.14 bits per heavy atom. The number of Topliss-reactive ketones (excluding diaryl/α,β-unsaturated/α-hetero) is 2. The second kappa shape index (κ2) is 7.03. The van der Waals surface area contributed by atoms with Crippen molar-refractivity contribution in [2.75, 3.05) is 7.11 Å². The highest BCUT2D eigenvalue weighted by Gasteiger charge is 2.47. The molecule has 0 heterocycles. The van der Waals surface area contributed by atoms with Crippen molar-refractivity contribution in [3.8, 4) is 0 Å². The van der Waals surface area contributed by atoms with E-state index in [-0.39, 0.29) is 6.10 Å². The zero-order valence-electron chi connectivity index (χ0n) is 14.6. The third kappa shape index (κ3) is 4.15. The van der Waals surface area contributed by atoms with Crippen LogP contribution in [-0.2, 0) is 28.7 Å². The number of esters is 2. The topological polar surface area (TPSA) is 86.7 Å². The lowest BCUT2D eigenvalue weighted by atomic mass is 9.74. The van der Waals surface area contributed by atoms with Gasteiger partial charge < -0.3 is 9.47 Å². The fourth-order valence-electron chi connectivity index (χ4n) is 2.02. The van der Waals surface area contributed by atoms with Crippen molar-refractivity contribution >= 4 is 23.5 Å². The molecule has 22 heavy (non-hydrogen) atoms. The van der Waals surface area contributed by atoms with Crippen molar-refractivity contribution in [2.45, 2.75) is 54.6 Å². The standard InChI is InChI=1S/C16H26O6/c1-9(2)22-14(20)16(6,7)12(18)10(3)11(17)15(4,5)13(19)21-8/h9-10H,1-8H3. The lowest BCUT2D eigenvalue weighted by Gasteiger charge is -2.28. The molecular formula is C16H26O6. The second-order valence-electron chi connectivity index (χ2n) is 6.65. The summed E-state index contributed by atoms with van der Waals surface area (Å²) in [5, 5.41) is 0. The summed E-state index contributed by atoms with van der Waals surface area (Å²) >= 11 is 0. The van der Waals surface area contributed by atoms with Crippen LogP contribution in [0, 0.1) is 16.7 Å². The van der Waals surface area contributed by atoms with E-state index in [2.05, 4.69) is 4.74 Å². The zero-order chi connectivity index (χ0) is 17.9. The summed E-state index contributed by atoms with van der Waals surface area (Å²) in [5.41, 5.74) is -2.92. The Bertz CT molecular complexity index is 473. The molecule has 1 unspecified atom stereocenters. The van der Waals surface area contributed by atoms with Crippen molar-refractivity contribution in [1.29, 1.82) is 0 Å². The highest BCUT2D eigenvalue weighted by Crippen LogP contribution is 2.30. The summed E-state index contributed by atoms with van der Waals surface area (Å²) in [6, 6.07) is 0. The first-order valence-corrected chi connectivity index (χ1v) is 7.18. The summed E-state index contributed by atoms with van der Waals surface area (Å²) in [5.74, 6) is -3.71. The maximum atomic E-state index is 12.5. The number of ketones is 2. The first-order valence-electron chi connectivity index (χ1n) is 7.18. The molecule has 0 N–H and O–H groups in total. The highest BCUT2D eigenvalue weighted by atomic mass is 16.5. The molecule has 0 saturated carbocycles. The number of methoxy groups -OCH3 is 1. The number of rotatable bonds is 7. The predicted molar refractivity (Wildman–Crippen MR) is 80.0 cm³/mol. The van der Waals surface area contributed by atoms with Gasteiger partial charge in [-0.25, -0.2) is 0 Å². The monoisotopic (exact) mass is 314 g/mol. The molecule has 6 heteroatoms. The Morgan fingerprint density at radius 1 is 0.773 bits per heavy atom. The van der Waals surface area contributed by atoms with Crippen LogP contribution in [0.3, 0.4) is 0 Å². The van der Waals surface area contributed by atoms with Gasteiger partial charge >= 0.3 is 11.9 Å². The van der Waals surface area contributed by atoms with Crippen LogP contribution in [0.25, 0.3) is 0 Å². The van der Waals surface area contributed by atoms with E-state index in [0.717, 1.165) is 0 Å². The molecule has 0 aliphatic heterocycles. The Hall–Kier alpha value is -1.72. The minimum atomic E-state index is -1.47. The van der Waals surface area contributed by atoms with Gasteiger partial charge in [0.1, 0.15) is 10.8 Å². The number of carbonyl (C=O) groups excluding carboxylic acids is 4. The van der Waals surface area contributed by atoms with Crippen molar-refractivity contribution in [2.24, 2.45) is 16.7 Å². The van der Waals surface area contributed by atoms with Crippen LogP contribution in [-0.4, -0.2) is 36.7 Å². The van der Waals surface area contributed by atoms with E-state index in [0.29, 0.717) is 0 Å². The molecule has 0 aromatic heterocycles. The van der Waals surface area contributed by atoms with Gasteiger partial charge in [-0.1, -0.05) is 0 Å². The molecule has 1 atom stereocenters. The van der Waals surface area contributed by atoms with E-state index in [1.807, 2.05) is 0 Å². The van der Waals surface area contributed by atoms with Crippen molar-refractivity contribution in [1.82, 2.24) is 0 Å². The van der Waals surface area contributed by atoms with Crippen LogP contribution in [0.1, 0.15) is 48.5 Å². The van der Waals surface area contributed by atoms with Crippen LogP contribution < -0.4 is 0 Å². The third-order valence-corrected chi connectivity index (χ3v) is 3.57. The minimum Gasteiger partial charge on any atom is -0.468 e. The largest absolute Gasteiger partial charge is 0.468 e. The lowest BCUT2D eigenvalue weighted by molar-refractivity contribution is -0.164. The number of hydrogen-bond donors (Lipinski definition) is 0. The first kappa shape index (κ1) is 20.3. The van der Waals surface area contributed by atoms with Gasteiger partial charge in [0, 0.05) is 0 Å². The summed E-state index contributed by atoms with van der Waals surface area (Å²) in [6.45, 7) is 10.3. The fraction of sp³-hybridized carbons (Fsp3) is 0.750. The van der Waals surface area contributed by atoms with E-state index < -0.39 is 40.3 Å². The fourth-order valence-corrected chi connectivity index (χ4v) is 2.02. The summed E-state index contributed by atoms with van der Waals surface area (Å²) < 4.78 is 9.65. The first-order chi connectivity index (χ1) is 9.79. The van der Waals surface area contributed by atoms with Crippen LogP contribution in [0.5, 0.6) is 0 Å². The van der Waals surface area contributed by atoms with E-state index in [4.69, 9.17) is 4.74 Å². The minimum absolute atomic E-state index is 0.364. The zero-order valence-corrected chi connectivity index (χ0v) is 14.6. The van der Waals surface area contributed by atoms with Gasteiger partial charge in [0.05, 0.1) is 19.1 Å². The Morgan fingerprint density at radius 3 is 1.45 bits per heavy atom. The Balaban J connectivity index is 5.33. The Kier molecular flexibility index (Phi) is 6.48. The molecule has 0 aromatic carbocycles. The molecular weight excluding hydrogens is 288 g/mol. The van der Waals surface area contributed by atoms with Crippen LogP contribution in [0.15, 0.2) is 0 Å². The smallest absolute Gasteiger partial charge is 0.319 e. The molecule has 0 aliphatic rings. The van der Waals surface area contributed by atoms with Crippen molar-refractivity contribution in [3.63, 3.8) is 0 Å². The van der Waals surface area contributed by atoms with E-state index >= 15 is 0 Å². The van der Waals surface area contributed by atoms with Crippen LogP contribution in [0.2, 0.25) is 0 Å². The van der Waals surface area contributed by atoms with E-state index in [9.17, 15) is 19.2 Å². The van der Waals surface area contributed by atoms with Crippen molar-refractivity contribution < 1.29 is 28.7 Å². The third-order valence-electron chi connectivity index (χ3n) is 3.57. The van der Waals surface area contributed by atoms with E-state index in [1.165, 1.54) is 41.7 Å². The average molecular weight is 314 g/mol. The molecule has 0 radical (unpaired) electrons. The maximum Gasteiger partial charge on any atom is 0.319 e. The van der Waals surface area contributed by atoms with Gasteiger partial charge in [-0.3, -0.25) is 19.2 Å². The summed E-state index contributed by atoms with van der Waals surface area (Å²) in [7, 11) is 1.17. The molecule has 6 nitrogen and oxygen atoms in total. The van der Waals surface area contributed by atoms with Gasteiger partial charge in [-0.15, -0.1) is 0 Å². The predicted octanol–water partition coefficient (Wildman–Crippen LogP) is 1.94. The van der Waals surface area contributed by atoms with Crippen LogP contribution >= 0.6 is 0 Å². The van der Waals surface area contributed by atoms with Gasteiger partial charge in [0.15, 0.2) is 11.6 Å². The molecule has 0 saturated heterocycles. The average Bonchev–Trinajstić information content (AvgIpc) is 2.42. The quantitative estimate of drug-likeness (QED) is 0.527. The highest BCUT2D eigenvalue weighted by molar-refractivity contribution is 6.17. The molecule has 0 aromatic rings. The normalized spacial score (nSPS) is 13.5. The van der Waals surface area contributed by atoms with Crippen LogP contribution in [0.4, 0.5) is 0 Å². The SMILES string of the molecule is COC(=O)C(C)(C)C(=O)C(C)C(=O)C(C)(C)C(=O)OC(C)C. The number of hydrogen-bond acceptors (Lipinski definition) is 6. The maximum absolute atomic E-state index is 12.5. The number of ether oxygens (including phenoxy) is 2. The van der Waals surface area contributed by atoms with Gasteiger partial charge in [0.25, 0.3) is 0 Å². The Labute approximate surface area is 131 Å². The van der Waals surface area contributed by atoms with Gasteiger partial charge in [0.2, 0.25) is 0 Å². The summed E-state index contributed by atoms with van der Waals surface area (Å²) in [6.07, 6.45) is -0.364. The number of carbonyl (C=O) groups is 4. The molecule has 0 fully saturated rings. The molecule has 0 amide bonds. The molecule has 0 spiro atoms. The van der Waals surface area contributed by atoms with Crippen molar-refractivity contribution in [3.05, 3.63) is 0 Å². The summed E-state index contributed by atoms with van der Waals surface area (Å²) in [4.78, 5) is 48.7. The molecule has 0 bridgehead atoms. The van der Waals surface area contributed by atoms with Gasteiger partial charge in [-0.05, 0) is 48.5 Å². The second-order valence-corrected chi connectivity index (χ2v) is 6.65. The molecule has 0 aliphatic carbocycles. The molecule has 126 valence electrons. The van der Waals surface area contributed by atoms with Gasteiger partial charge in [-0.2, -0.15) is 0 Å². The lowest BCUT2D eigenvalue weighted by Crippen LogP contribution is -2.46. The molecule has 0 rings (SSSR count).